The smallest absolute Gasteiger partial charge is 0.226 e. The molecule has 8 nitrogen and oxygen atoms in total. The van der Waals surface area contributed by atoms with Gasteiger partial charge in [-0.3, -0.25) is 0 Å². The summed E-state index contributed by atoms with van der Waals surface area (Å²) in [6, 6.07) is 4.19. The molecule has 0 radical (unpaired) electrons. The minimum Gasteiger partial charge on any atom is -0.481 e. The third-order valence-electron chi connectivity index (χ3n) is 4.26. The summed E-state index contributed by atoms with van der Waals surface area (Å²) in [5.41, 5.74) is 0. The van der Waals surface area contributed by atoms with Gasteiger partial charge < -0.3 is 19.4 Å². The molecule has 2 aromatic rings. The Balaban J connectivity index is 1.71. The van der Waals surface area contributed by atoms with Crippen molar-refractivity contribution in [3.63, 3.8) is 0 Å². The molecule has 0 amide bonds. The summed E-state index contributed by atoms with van der Waals surface area (Å²) in [6.07, 6.45) is 4.39. The maximum absolute atomic E-state index is 5.18. The van der Waals surface area contributed by atoms with E-state index in [2.05, 4.69) is 36.8 Å². The van der Waals surface area contributed by atoms with E-state index in [1.807, 2.05) is 31.1 Å². The van der Waals surface area contributed by atoms with Crippen molar-refractivity contribution in [3.05, 3.63) is 24.7 Å². The van der Waals surface area contributed by atoms with Gasteiger partial charge in [0.05, 0.1) is 7.11 Å². The van der Waals surface area contributed by atoms with Crippen molar-refractivity contribution < 1.29 is 4.74 Å². The lowest BCUT2D eigenvalue weighted by Crippen LogP contribution is -2.35. The molecule has 1 fully saturated rings. The Labute approximate surface area is 142 Å². The Hall–Kier alpha value is -2.64. The number of aromatic nitrogens is 4. The molecule has 0 saturated carbocycles. The van der Waals surface area contributed by atoms with Crippen LogP contribution in [0.2, 0.25) is 0 Å². The van der Waals surface area contributed by atoms with E-state index >= 15 is 0 Å². The standard InChI is InChI=1S/C16H23N7O/c1-21(2)16-17-7-5-13(20-16)22(3)12-6-8-23(10-12)14-9-15(24-4)19-11-18-14/h5,7,9,11-12H,6,8,10H2,1-4H3. The van der Waals surface area contributed by atoms with Crippen LogP contribution in [0, 0.1) is 0 Å². The second-order valence-electron chi connectivity index (χ2n) is 6.03. The largest absolute Gasteiger partial charge is 0.481 e. The monoisotopic (exact) mass is 329 g/mol. The lowest BCUT2D eigenvalue weighted by molar-refractivity contribution is 0.397. The molecule has 2 aromatic heterocycles. The van der Waals surface area contributed by atoms with Crippen molar-refractivity contribution in [2.24, 2.45) is 0 Å². The molecule has 24 heavy (non-hydrogen) atoms. The van der Waals surface area contributed by atoms with Crippen molar-refractivity contribution in [1.29, 1.82) is 0 Å². The number of hydrogen-bond donors (Lipinski definition) is 0. The number of nitrogens with zero attached hydrogens (tertiary/aromatic N) is 7. The summed E-state index contributed by atoms with van der Waals surface area (Å²) in [5.74, 6) is 3.13. The highest BCUT2D eigenvalue weighted by atomic mass is 16.5. The van der Waals surface area contributed by atoms with Gasteiger partial charge in [-0.05, 0) is 12.5 Å². The van der Waals surface area contributed by atoms with E-state index in [4.69, 9.17) is 4.74 Å². The van der Waals surface area contributed by atoms with E-state index in [0.29, 0.717) is 11.9 Å². The first-order valence-corrected chi connectivity index (χ1v) is 7.92. The van der Waals surface area contributed by atoms with Gasteiger partial charge in [-0.25, -0.2) is 15.0 Å². The summed E-state index contributed by atoms with van der Waals surface area (Å²) < 4.78 is 5.18. The van der Waals surface area contributed by atoms with Crippen molar-refractivity contribution in [3.8, 4) is 5.88 Å². The molecule has 1 aliphatic rings. The predicted octanol–water partition coefficient (Wildman–Crippen LogP) is 1.06. The van der Waals surface area contributed by atoms with Gasteiger partial charge >= 0.3 is 0 Å². The third-order valence-corrected chi connectivity index (χ3v) is 4.26. The van der Waals surface area contributed by atoms with Crippen LogP contribution in [-0.4, -0.2) is 67.3 Å². The van der Waals surface area contributed by atoms with E-state index in [1.54, 1.807) is 19.6 Å². The maximum Gasteiger partial charge on any atom is 0.226 e. The fourth-order valence-electron chi connectivity index (χ4n) is 2.82. The van der Waals surface area contributed by atoms with Gasteiger partial charge in [0.25, 0.3) is 0 Å². The van der Waals surface area contributed by atoms with Crippen LogP contribution in [0.15, 0.2) is 24.7 Å². The highest BCUT2D eigenvalue weighted by Gasteiger charge is 2.28. The van der Waals surface area contributed by atoms with Crippen LogP contribution in [-0.2, 0) is 0 Å². The Morgan fingerprint density at radius 2 is 2.04 bits per heavy atom. The summed E-state index contributed by atoms with van der Waals surface area (Å²) >= 11 is 0. The van der Waals surface area contributed by atoms with Gasteiger partial charge in [-0.15, -0.1) is 0 Å². The first kappa shape index (κ1) is 16.2. The summed E-state index contributed by atoms with van der Waals surface area (Å²) in [7, 11) is 7.58. The van der Waals surface area contributed by atoms with Crippen LogP contribution in [0.4, 0.5) is 17.6 Å². The fourth-order valence-corrected chi connectivity index (χ4v) is 2.82. The molecule has 0 aromatic carbocycles. The molecule has 8 heteroatoms. The average Bonchev–Trinajstić information content (AvgIpc) is 3.11. The van der Waals surface area contributed by atoms with Crippen LogP contribution in [0.25, 0.3) is 0 Å². The quantitative estimate of drug-likeness (QED) is 0.806. The van der Waals surface area contributed by atoms with Crippen molar-refractivity contribution in [1.82, 2.24) is 19.9 Å². The van der Waals surface area contributed by atoms with E-state index < -0.39 is 0 Å². The first-order valence-electron chi connectivity index (χ1n) is 7.92. The minimum absolute atomic E-state index is 0.371. The summed E-state index contributed by atoms with van der Waals surface area (Å²) in [5, 5.41) is 0. The molecule has 3 heterocycles. The Morgan fingerprint density at radius 3 is 2.79 bits per heavy atom. The zero-order valence-electron chi connectivity index (χ0n) is 14.5. The second kappa shape index (κ2) is 6.86. The van der Waals surface area contributed by atoms with Crippen LogP contribution < -0.4 is 19.4 Å². The molecule has 3 rings (SSSR count). The van der Waals surface area contributed by atoms with Crippen molar-refractivity contribution >= 4 is 17.6 Å². The Bertz CT molecular complexity index is 694. The number of methoxy groups -OCH3 is 1. The van der Waals surface area contributed by atoms with E-state index in [0.717, 1.165) is 37.1 Å². The number of likely N-dealkylation sites (N-methyl/N-ethyl adjacent to an activating group) is 1. The van der Waals surface area contributed by atoms with Crippen LogP contribution in [0.5, 0.6) is 5.88 Å². The molecule has 1 aliphatic heterocycles. The zero-order chi connectivity index (χ0) is 17.1. The molecule has 0 aliphatic carbocycles. The average molecular weight is 329 g/mol. The minimum atomic E-state index is 0.371. The zero-order valence-corrected chi connectivity index (χ0v) is 14.5. The Kier molecular flexibility index (Phi) is 4.64. The van der Waals surface area contributed by atoms with Crippen LogP contribution in [0.3, 0.4) is 0 Å². The van der Waals surface area contributed by atoms with Crippen LogP contribution in [0.1, 0.15) is 6.42 Å². The van der Waals surface area contributed by atoms with Gasteiger partial charge in [0.2, 0.25) is 11.8 Å². The molecule has 1 saturated heterocycles. The number of anilines is 3. The number of rotatable bonds is 5. The molecule has 1 atom stereocenters. The van der Waals surface area contributed by atoms with Crippen molar-refractivity contribution in [2.45, 2.75) is 12.5 Å². The summed E-state index contributed by atoms with van der Waals surface area (Å²) in [4.78, 5) is 23.7. The Morgan fingerprint density at radius 1 is 1.21 bits per heavy atom. The first-order chi connectivity index (χ1) is 11.6. The molecule has 128 valence electrons. The number of hydrogen-bond acceptors (Lipinski definition) is 8. The van der Waals surface area contributed by atoms with Gasteiger partial charge in [0, 0.05) is 52.5 Å². The normalized spacial score (nSPS) is 17.0. The van der Waals surface area contributed by atoms with E-state index in [1.165, 1.54) is 0 Å². The molecule has 0 spiro atoms. The predicted molar refractivity (Wildman–Crippen MR) is 94.0 cm³/mol. The van der Waals surface area contributed by atoms with Gasteiger partial charge in [-0.2, -0.15) is 4.98 Å². The maximum atomic E-state index is 5.18. The molecular weight excluding hydrogens is 306 g/mol. The lowest BCUT2D eigenvalue weighted by atomic mass is 10.2. The molecular formula is C16H23N7O. The highest BCUT2D eigenvalue weighted by molar-refractivity contribution is 5.47. The number of ether oxygens (including phenoxy) is 1. The lowest BCUT2D eigenvalue weighted by Gasteiger charge is -2.26. The van der Waals surface area contributed by atoms with Gasteiger partial charge in [0.1, 0.15) is 18.0 Å². The fraction of sp³-hybridized carbons (Fsp3) is 0.500. The highest BCUT2D eigenvalue weighted by Crippen LogP contribution is 2.25. The van der Waals surface area contributed by atoms with Gasteiger partial charge in [-0.1, -0.05) is 0 Å². The third kappa shape index (κ3) is 3.32. The van der Waals surface area contributed by atoms with E-state index in [9.17, 15) is 0 Å². The molecule has 1 unspecified atom stereocenters. The molecule has 0 N–H and O–H groups in total. The van der Waals surface area contributed by atoms with Gasteiger partial charge in [0.15, 0.2) is 0 Å². The van der Waals surface area contributed by atoms with Crippen LogP contribution >= 0.6 is 0 Å². The van der Waals surface area contributed by atoms with Crippen molar-refractivity contribution in [2.75, 3.05) is 56.0 Å². The summed E-state index contributed by atoms with van der Waals surface area (Å²) in [6.45, 7) is 1.83. The second-order valence-corrected chi connectivity index (χ2v) is 6.03. The van der Waals surface area contributed by atoms with E-state index in [-0.39, 0.29) is 0 Å². The SMILES string of the molecule is COc1cc(N2CCC(N(C)c3ccnc(N(C)C)n3)C2)ncn1. The topological polar surface area (TPSA) is 70.5 Å². The molecule has 0 bridgehead atoms.